The van der Waals surface area contributed by atoms with E-state index in [4.69, 9.17) is 16.3 Å². The molecular weight excluding hydrogens is 285 g/mol. The van der Waals surface area contributed by atoms with Crippen molar-refractivity contribution in [1.29, 1.82) is 0 Å². The molecule has 0 saturated heterocycles. The van der Waals surface area contributed by atoms with Gasteiger partial charge in [-0.3, -0.25) is 10.1 Å². The summed E-state index contributed by atoms with van der Waals surface area (Å²) in [6.45, 7) is 0. The fourth-order valence-electron chi connectivity index (χ4n) is 3.41. The molecule has 2 unspecified atom stereocenters. The van der Waals surface area contributed by atoms with Gasteiger partial charge >= 0.3 is 5.69 Å². The molecule has 1 aromatic rings. The SMILES string of the molecule is O=[N+]([O-])c1ccc(OC2CC(Cl)C23CCCC3)cc1F. The molecule has 2 fully saturated rings. The van der Waals surface area contributed by atoms with Crippen LogP contribution in [-0.4, -0.2) is 16.4 Å². The number of rotatable bonds is 3. The third-order valence-electron chi connectivity index (χ3n) is 4.61. The zero-order chi connectivity index (χ0) is 14.3. The molecule has 0 heterocycles. The van der Waals surface area contributed by atoms with E-state index in [0.717, 1.165) is 44.2 Å². The van der Waals surface area contributed by atoms with Crippen LogP contribution in [0.25, 0.3) is 0 Å². The Bertz CT molecular complexity index is 545. The van der Waals surface area contributed by atoms with Crippen LogP contribution in [0.1, 0.15) is 32.1 Å². The highest BCUT2D eigenvalue weighted by Gasteiger charge is 2.57. The fourth-order valence-corrected chi connectivity index (χ4v) is 3.93. The quantitative estimate of drug-likeness (QED) is 0.480. The number of hydrogen-bond acceptors (Lipinski definition) is 3. The van der Waals surface area contributed by atoms with Gasteiger partial charge in [-0.25, -0.2) is 0 Å². The van der Waals surface area contributed by atoms with Gasteiger partial charge in [0, 0.05) is 29.3 Å². The van der Waals surface area contributed by atoms with E-state index in [1.165, 1.54) is 6.07 Å². The Morgan fingerprint density at radius 2 is 2.10 bits per heavy atom. The number of alkyl halides is 1. The Labute approximate surface area is 121 Å². The number of nitro groups is 1. The Kier molecular flexibility index (Phi) is 3.32. The lowest BCUT2D eigenvalue weighted by molar-refractivity contribution is -0.387. The van der Waals surface area contributed by atoms with Gasteiger partial charge in [0.1, 0.15) is 11.9 Å². The van der Waals surface area contributed by atoms with Gasteiger partial charge < -0.3 is 4.74 Å². The first-order chi connectivity index (χ1) is 9.53. The summed E-state index contributed by atoms with van der Waals surface area (Å²) in [6, 6.07) is 3.68. The summed E-state index contributed by atoms with van der Waals surface area (Å²) in [5.41, 5.74) is -0.517. The van der Waals surface area contributed by atoms with Crippen molar-refractivity contribution in [2.75, 3.05) is 0 Å². The third kappa shape index (κ3) is 2.04. The maximum atomic E-state index is 13.6. The molecule has 6 heteroatoms. The van der Waals surface area contributed by atoms with Crippen molar-refractivity contribution in [2.45, 2.75) is 43.6 Å². The van der Waals surface area contributed by atoms with Crippen LogP contribution in [0.3, 0.4) is 0 Å². The predicted octanol–water partition coefficient (Wildman–Crippen LogP) is 4.05. The molecule has 1 aromatic carbocycles. The fraction of sp³-hybridized carbons (Fsp3) is 0.571. The van der Waals surface area contributed by atoms with Crippen molar-refractivity contribution in [3.8, 4) is 5.75 Å². The van der Waals surface area contributed by atoms with E-state index in [-0.39, 0.29) is 16.9 Å². The first-order valence-corrected chi connectivity index (χ1v) is 7.21. The van der Waals surface area contributed by atoms with Crippen LogP contribution in [0.2, 0.25) is 0 Å². The molecule has 2 atom stereocenters. The Morgan fingerprint density at radius 3 is 2.65 bits per heavy atom. The molecule has 0 aliphatic heterocycles. The summed E-state index contributed by atoms with van der Waals surface area (Å²) in [7, 11) is 0. The smallest absolute Gasteiger partial charge is 0.305 e. The largest absolute Gasteiger partial charge is 0.490 e. The average Bonchev–Trinajstić information content (AvgIpc) is 2.90. The molecule has 0 amide bonds. The molecule has 2 aliphatic carbocycles. The molecule has 0 N–H and O–H groups in total. The van der Waals surface area contributed by atoms with Gasteiger partial charge in [0.05, 0.1) is 4.92 Å². The summed E-state index contributed by atoms with van der Waals surface area (Å²) in [6.07, 6.45) is 5.13. The topological polar surface area (TPSA) is 52.4 Å². The van der Waals surface area contributed by atoms with Crippen LogP contribution >= 0.6 is 11.6 Å². The van der Waals surface area contributed by atoms with E-state index in [0.29, 0.717) is 5.75 Å². The number of hydrogen-bond donors (Lipinski definition) is 0. The molecule has 1 spiro atoms. The maximum absolute atomic E-state index is 13.6. The number of benzene rings is 1. The van der Waals surface area contributed by atoms with E-state index in [1.807, 2.05) is 0 Å². The summed E-state index contributed by atoms with van der Waals surface area (Å²) in [4.78, 5) is 9.84. The van der Waals surface area contributed by atoms with Crippen molar-refractivity contribution >= 4 is 17.3 Å². The lowest BCUT2D eigenvalue weighted by Gasteiger charge is -2.50. The van der Waals surface area contributed by atoms with E-state index in [1.54, 1.807) is 0 Å². The highest BCUT2D eigenvalue weighted by molar-refractivity contribution is 6.21. The highest BCUT2D eigenvalue weighted by atomic mass is 35.5. The minimum atomic E-state index is -0.866. The van der Waals surface area contributed by atoms with Crippen molar-refractivity contribution < 1.29 is 14.1 Å². The van der Waals surface area contributed by atoms with Gasteiger partial charge in [0.15, 0.2) is 0 Å². The number of ether oxygens (including phenoxy) is 1. The van der Waals surface area contributed by atoms with E-state index in [2.05, 4.69) is 0 Å². The molecule has 2 saturated carbocycles. The van der Waals surface area contributed by atoms with E-state index >= 15 is 0 Å². The normalized spacial score (nSPS) is 27.3. The van der Waals surface area contributed by atoms with Gasteiger partial charge in [-0.2, -0.15) is 4.39 Å². The second-order valence-electron chi connectivity index (χ2n) is 5.62. The second-order valence-corrected chi connectivity index (χ2v) is 6.15. The highest BCUT2D eigenvalue weighted by Crippen LogP contribution is 2.57. The summed E-state index contributed by atoms with van der Waals surface area (Å²) < 4.78 is 19.4. The number of nitro benzene ring substituents is 1. The van der Waals surface area contributed by atoms with Crippen LogP contribution in [0.15, 0.2) is 18.2 Å². The molecule has 3 rings (SSSR count). The molecule has 2 aliphatic rings. The van der Waals surface area contributed by atoms with Crippen molar-refractivity contribution in [1.82, 2.24) is 0 Å². The van der Waals surface area contributed by atoms with Gasteiger partial charge in [-0.1, -0.05) is 12.8 Å². The van der Waals surface area contributed by atoms with Crippen LogP contribution in [0.5, 0.6) is 5.75 Å². The predicted molar refractivity (Wildman–Crippen MR) is 72.6 cm³/mol. The number of nitrogens with zero attached hydrogens (tertiary/aromatic N) is 1. The molecule has 4 nitrogen and oxygen atoms in total. The molecule has 108 valence electrons. The van der Waals surface area contributed by atoms with Crippen molar-refractivity contribution in [3.05, 3.63) is 34.1 Å². The monoisotopic (exact) mass is 299 g/mol. The zero-order valence-corrected chi connectivity index (χ0v) is 11.6. The maximum Gasteiger partial charge on any atom is 0.305 e. The molecule has 20 heavy (non-hydrogen) atoms. The van der Waals surface area contributed by atoms with Gasteiger partial charge in [-0.15, -0.1) is 11.6 Å². The van der Waals surface area contributed by atoms with Crippen molar-refractivity contribution in [2.24, 2.45) is 5.41 Å². The van der Waals surface area contributed by atoms with Gasteiger partial charge in [0.2, 0.25) is 5.82 Å². The second kappa shape index (κ2) is 4.88. The van der Waals surface area contributed by atoms with E-state index < -0.39 is 16.4 Å². The zero-order valence-electron chi connectivity index (χ0n) is 10.9. The first-order valence-electron chi connectivity index (χ1n) is 6.77. The lowest BCUT2D eigenvalue weighted by Crippen LogP contribution is -2.55. The molecule has 0 bridgehead atoms. The van der Waals surface area contributed by atoms with Crippen LogP contribution < -0.4 is 4.74 Å². The van der Waals surface area contributed by atoms with Crippen LogP contribution in [0, 0.1) is 21.3 Å². The summed E-state index contributed by atoms with van der Waals surface area (Å²) >= 11 is 6.33. The summed E-state index contributed by atoms with van der Waals surface area (Å²) in [5.74, 6) is -0.525. The summed E-state index contributed by atoms with van der Waals surface area (Å²) in [5, 5.41) is 10.7. The average molecular weight is 300 g/mol. The molecule has 0 radical (unpaired) electrons. The Morgan fingerprint density at radius 1 is 1.40 bits per heavy atom. The standard InChI is InChI=1S/C14H15ClFNO3/c15-12-8-13(14(12)5-1-2-6-14)20-9-3-4-11(17(18)19)10(16)7-9/h3-4,7,12-13H,1-2,5-6,8H2. The van der Waals surface area contributed by atoms with Crippen LogP contribution in [-0.2, 0) is 0 Å². The minimum absolute atomic E-state index is 0.00615. The van der Waals surface area contributed by atoms with Crippen LogP contribution in [0.4, 0.5) is 10.1 Å². The van der Waals surface area contributed by atoms with E-state index in [9.17, 15) is 14.5 Å². The van der Waals surface area contributed by atoms with Crippen molar-refractivity contribution in [3.63, 3.8) is 0 Å². The minimum Gasteiger partial charge on any atom is -0.490 e. The lowest BCUT2D eigenvalue weighted by atomic mass is 9.64. The molecule has 0 aromatic heterocycles. The Hall–Kier alpha value is -1.36. The Balaban J connectivity index is 1.76. The molecular formula is C14H15ClFNO3. The third-order valence-corrected chi connectivity index (χ3v) is 5.23. The van der Waals surface area contributed by atoms with Gasteiger partial charge in [-0.05, 0) is 18.9 Å². The van der Waals surface area contributed by atoms with Gasteiger partial charge in [0.25, 0.3) is 0 Å². The number of halogens is 2. The first kappa shape index (κ1) is 13.6.